The smallest absolute Gasteiger partial charge is 0.282 e. The number of amides is 1. The summed E-state index contributed by atoms with van der Waals surface area (Å²) < 4.78 is 1.04. The summed E-state index contributed by atoms with van der Waals surface area (Å²) >= 11 is 1.45. The largest absolute Gasteiger partial charge is 0.351 e. The SMILES string of the molecule is CN(C(=O)c1nc2ccccc2s1)C1CN(c2ccc(C(C)(C)C)nn2)C1. The molecule has 27 heavy (non-hydrogen) atoms. The highest BCUT2D eigenvalue weighted by atomic mass is 32.1. The predicted octanol–water partition coefficient (Wildman–Crippen LogP) is 3.34. The van der Waals surface area contributed by atoms with E-state index in [1.165, 1.54) is 11.3 Å². The minimum absolute atomic E-state index is 0.00705. The molecule has 0 N–H and O–H groups in total. The molecular formula is C20H23N5OS. The van der Waals surface area contributed by atoms with E-state index in [2.05, 4.69) is 40.9 Å². The number of aromatic nitrogens is 3. The zero-order chi connectivity index (χ0) is 19.2. The molecule has 0 unspecified atom stereocenters. The van der Waals surface area contributed by atoms with Crippen molar-refractivity contribution in [3.8, 4) is 0 Å². The summed E-state index contributed by atoms with van der Waals surface area (Å²) in [6.07, 6.45) is 0. The van der Waals surface area contributed by atoms with E-state index < -0.39 is 0 Å². The van der Waals surface area contributed by atoms with Crippen LogP contribution >= 0.6 is 11.3 Å². The first kappa shape index (κ1) is 17.9. The van der Waals surface area contributed by atoms with Gasteiger partial charge in [-0.2, -0.15) is 5.10 Å². The van der Waals surface area contributed by atoms with E-state index in [1.807, 2.05) is 43.4 Å². The number of likely N-dealkylation sites (N-methyl/N-ethyl adjacent to an activating group) is 1. The molecule has 0 radical (unpaired) electrons. The summed E-state index contributed by atoms with van der Waals surface area (Å²) in [7, 11) is 1.85. The van der Waals surface area contributed by atoms with Gasteiger partial charge in [0.15, 0.2) is 10.8 Å². The minimum atomic E-state index is -0.0185. The van der Waals surface area contributed by atoms with Crippen molar-refractivity contribution in [2.45, 2.75) is 32.2 Å². The molecule has 0 saturated carbocycles. The number of para-hydroxylation sites is 1. The molecule has 140 valence electrons. The highest BCUT2D eigenvalue weighted by Crippen LogP contribution is 2.27. The number of hydrogen-bond donors (Lipinski definition) is 0. The average Bonchev–Trinajstić information content (AvgIpc) is 3.03. The molecular weight excluding hydrogens is 358 g/mol. The zero-order valence-electron chi connectivity index (χ0n) is 16.0. The van der Waals surface area contributed by atoms with Gasteiger partial charge in [0.25, 0.3) is 5.91 Å². The Morgan fingerprint density at radius 3 is 2.52 bits per heavy atom. The van der Waals surface area contributed by atoms with Crippen molar-refractivity contribution in [1.29, 1.82) is 0 Å². The topological polar surface area (TPSA) is 62.2 Å². The van der Waals surface area contributed by atoms with Gasteiger partial charge in [-0.3, -0.25) is 4.79 Å². The first-order valence-corrected chi connectivity index (χ1v) is 9.86. The van der Waals surface area contributed by atoms with Crippen molar-refractivity contribution in [1.82, 2.24) is 20.1 Å². The number of nitrogens with zero attached hydrogens (tertiary/aromatic N) is 5. The van der Waals surface area contributed by atoms with E-state index in [4.69, 9.17) is 0 Å². The number of benzene rings is 1. The van der Waals surface area contributed by atoms with Crippen LogP contribution in [-0.2, 0) is 5.41 Å². The second kappa shape index (κ2) is 6.56. The number of fused-ring (bicyclic) bond motifs is 1. The maximum atomic E-state index is 12.8. The van der Waals surface area contributed by atoms with Gasteiger partial charge in [0.1, 0.15) is 0 Å². The van der Waals surface area contributed by atoms with Gasteiger partial charge in [-0.05, 0) is 24.3 Å². The Labute approximate surface area is 162 Å². The van der Waals surface area contributed by atoms with E-state index in [1.54, 1.807) is 4.90 Å². The predicted molar refractivity (Wildman–Crippen MR) is 108 cm³/mol. The third kappa shape index (κ3) is 3.39. The molecule has 2 aromatic heterocycles. The monoisotopic (exact) mass is 381 g/mol. The summed E-state index contributed by atoms with van der Waals surface area (Å²) in [5.41, 5.74) is 1.85. The van der Waals surface area contributed by atoms with Crippen molar-refractivity contribution < 1.29 is 4.79 Å². The summed E-state index contributed by atoms with van der Waals surface area (Å²) in [6, 6.07) is 12.0. The molecule has 1 amide bonds. The van der Waals surface area contributed by atoms with Crippen LogP contribution in [0.1, 0.15) is 36.3 Å². The van der Waals surface area contributed by atoms with Crippen molar-refractivity contribution in [2.24, 2.45) is 0 Å². The maximum absolute atomic E-state index is 12.8. The summed E-state index contributed by atoms with van der Waals surface area (Å²) in [5, 5.41) is 9.25. The third-order valence-electron chi connectivity index (χ3n) is 4.95. The van der Waals surface area contributed by atoms with Crippen LogP contribution < -0.4 is 4.90 Å². The van der Waals surface area contributed by atoms with E-state index in [-0.39, 0.29) is 17.4 Å². The van der Waals surface area contributed by atoms with Gasteiger partial charge in [-0.15, -0.1) is 16.4 Å². The van der Waals surface area contributed by atoms with Gasteiger partial charge in [0.05, 0.1) is 22.0 Å². The first-order chi connectivity index (χ1) is 12.8. The number of carbonyl (C=O) groups excluding carboxylic acids is 1. The number of carbonyl (C=O) groups is 1. The van der Waals surface area contributed by atoms with Crippen molar-refractivity contribution in [3.63, 3.8) is 0 Å². The molecule has 1 aliphatic heterocycles. The quantitative estimate of drug-likeness (QED) is 0.696. The van der Waals surface area contributed by atoms with Gasteiger partial charge in [0, 0.05) is 25.6 Å². The molecule has 0 bridgehead atoms. The van der Waals surface area contributed by atoms with Crippen LogP contribution in [0.15, 0.2) is 36.4 Å². The number of hydrogen-bond acceptors (Lipinski definition) is 6. The first-order valence-electron chi connectivity index (χ1n) is 9.05. The number of anilines is 1. The lowest BCUT2D eigenvalue weighted by atomic mass is 9.92. The summed E-state index contributed by atoms with van der Waals surface area (Å²) in [4.78, 5) is 21.2. The molecule has 0 aliphatic carbocycles. The Balaban J connectivity index is 1.40. The zero-order valence-corrected chi connectivity index (χ0v) is 16.8. The Kier molecular flexibility index (Phi) is 4.34. The fourth-order valence-electron chi connectivity index (χ4n) is 3.06. The van der Waals surface area contributed by atoms with Crippen molar-refractivity contribution in [3.05, 3.63) is 47.1 Å². The summed E-state index contributed by atoms with van der Waals surface area (Å²) in [6.45, 7) is 7.89. The van der Waals surface area contributed by atoms with E-state index in [9.17, 15) is 4.79 Å². The lowest BCUT2D eigenvalue weighted by Crippen LogP contribution is -2.60. The van der Waals surface area contributed by atoms with E-state index in [0.717, 1.165) is 34.8 Å². The second-order valence-electron chi connectivity index (χ2n) is 7.99. The standard InChI is InChI=1S/C20H23N5OS/c1-20(2,3)16-9-10-17(23-22-16)25-11-13(12-25)24(4)19(26)18-21-14-7-5-6-8-15(14)27-18/h5-10,13H,11-12H2,1-4H3. The highest BCUT2D eigenvalue weighted by molar-refractivity contribution is 7.20. The Bertz CT molecular complexity index is 937. The molecule has 3 heterocycles. The van der Waals surface area contributed by atoms with Gasteiger partial charge in [0.2, 0.25) is 0 Å². The van der Waals surface area contributed by atoms with Crippen LogP contribution in [0.4, 0.5) is 5.82 Å². The number of thiazole rings is 1. The molecule has 1 aromatic carbocycles. The third-order valence-corrected chi connectivity index (χ3v) is 5.97. The molecule has 4 rings (SSSR count). The van der Waals surface area contributed by atoms with Crippen LogP contribution in [-0.4, -0.2) is 52.2 Å². The lowest BCUT2D eigenvalue weighted by molar-refractivity contribution is 0.0705. The van der Waals surface area contributed by atoms with Gasteiger partial charge >= 0.3 is 0 Å². The summed E-state index contributed by atoms with van der Waals surface area (Å²) in [5.74, 6) is 0.843. The molecule has 0 spiro atoms. The van der Waals surface area contributed by atoms with Crippen LogP contribution in [0, 0.1) is 0 Å². The Hall–Kier alpha value is -2.54. The molecule has 7 heteroatoms. The number of rotatable bonds is 3. The molecule has 1 aliphatic rings. The van der Waals surface area contributed by atoms with Crippen LogP contribution in [0.2, 0.25) is 0 Å². The Morgan fingerprint density at radius 1 is 1.15 bits per heavy atom. The maximum Gasteiger partial charge on any atom is 0.282 e. The Morgan fingerprint density at radius 2 is 1.89 bits per heavy atom. The van der Waals surface area contributed by atoms with Crippen molar-refractivity contribution in [2.75, 3.05) is 25.0 Å². The fourth-order valence-corrected chi connectivity index (χ4v) is 4.01. The van der Waals surface area contributed by atoms with Crippen LogP contribution in [0.5, 0.6) is 0 Å². The second-order valence-corrected chi connectivity index (χ2v) is 9.02. The van der Waals surface area contributed by atoms with E-state index >= 15 is 0 Å². The average molecular weight is 382 g/mol. The van der Waals surface area contributed by atoms with Crippen LogP contribution in [0.25, 0.3) is 10.2 Å². The minimum Gasteiger partial charge on any atom is -0.351 e. The molecule has 0 atom stereocenters. The fraction of sp³-hybridized carbons (Fsp3) is 0.400. The highest BCUT2D eigenvalue weighted by Gasteiger charge is 2.34. The molecule has 1 saturated heterocycles. The van der Waals surface area contributed by atoms with Gasteiger partial charge in [-0.25, -0.2) is 4.98 Å². The van der Waals surface area contributed by atoms with Crippen molar-refractivity contribution >= 4 is 33.3 Å². The van der Waals surface area contributed by atoms with Gasteiger partial charge in [-0.1, -0.05) is 32.9 Å². The van der Waals surface area contributed by atoms with Crippen LogP contribution in [0.3, 0.4) is 0 Å². The molecule has 3 aromatic rings. The lowest BCUT2D eigenvalue weighted by Gasteiger charge is -2.44. The van der Waals surface area contributed by atoms with Gasteiger partial charge < -0.3 is 9.80 Å². The van der Waals surface area contributed by atoms with E-state index in [0.29, 0.717) is 5.01 Å². The normalized spacial score (nSPS) is 15.0. The molecule has 6 nitrogen and oxygen atoms in total. The molecule has 1 fully saturated rings.